The predicted molar refractivity (Wildman–Crippen MR) is 93.7 cm³/mol. The highest BCUT2D eigenvalue weighted by Crippen LogP contribution is 2.19. The number of hydrogen-bond donors (Lipinski definition) is 1. The number of aliphatic hydroxyl groups is 1. The van der Waals surface area contributed by atoms with Gasteiger partial charge in [-0.25, -0.2) is 0 Å². The zero-order valence-corrected chi connectivity index (χ0v) is 14.3. The third-order valence-electron chi connectivity index (χ3n) is 4.53. The molecule has 24 heavy (non-hydrogen) atoms. The van der Waals surface area contributed by atoms with Crippen LogP contribution in [-0.4, -0.2) is 51.6 Å². The molecule has 1 aromatic heterocycles. The normalized spacial score (nSPS) is 19.7. The highest BCUT2D eigenvalue weighted by molar-refractivity contribution is 5.13. The molecule has 1 aliphatic rings. The van der Waals surface area contributed by atoms with Crippen LogP contribution in [0.1, 0.15) is 24.0 Å². The number of aliphatic hydroxyl groups excluding tert-OH is 1. The molecule has 1 aliphatic heterocycles. The lowest BCUT2D eigenvalue weighted by Crippen LogP contribution is -2.40. The smallest absolute Gasteiger partial charge is 0.0900 e. The first-order valence-electron chi connectivity index (χ1n) is 8.73. The van der Waals surface area contributed by atoms with Gasteiger partial charge in [0.15, 0.2) is 0 Å². The van der Waals surface area contributed by atoms with Gasteiger partial charge in [0.25, 0.3) is 0 Å². The first-order valence-corrected chi connectivity index (χ1v) is 8.73. The summed E-state index contributed by atoms with van der Waals surface area (Å²) >= 11 is 0. The summed E-state index contributed by atoms with van der Waals surface area (Å²) in [6, 6.07) is 10.5. The molecule has 2 heterocycles. The monoisotopic (exact) mass is 329 g/mol. The third kappa shape index (κ3) is 4.90. The molecule has 5 heteroatoms. The largest absolute Gasteiger partial charge is 0.389 e. The fourth-order valence-electron chi connectivity index (χ4n) is 3.34. The molecular weight excluding hydrogens is 302 g/mol. The summed E-state index contributed by atoms with van der Waals surface area (Å²) in [7, 11) is 0. The molecular formula is C19H27N3O2. The van der Waals surface area contributed by atoms with E-state index in [4.69, 9.17) is 4.74 Å². The van der Waals surface area contributed by atoms with Crippen LogP contribution in [0.5, 0.6) is 0 Å². The Morgan fingerprint density at radius 2 is 2.17 bits per heavy atom. The van der Waals surface area contributed by atoms with E-state index in [0.717, 1.165) is 25.1 Å². The molecule has 130 valence electrons. The molecule has 1 fully saturated rings. The van der Waals surface area contributed by atoms with Crippen LogP contribution in [0, 0.1) is 6.92 Å². The van der Waals surface area contributed by atoms with Crippen LogP contribution in [0.4, 0.5) is 0 Å². The Morgan fingerprint density at radius 1 is 1.33 bits per heavy atom. The number of nitrogens with zero attached hydrogens (tertiary/aromatic N) is 3. The van der Waals surface area contributed by atoms with Gasteiger partial charge in [-0.2, -0.15) is 5.10 Å². The number of β-amino-alcohol motifs (C(OH)–C–C–N with tert-alkyl or cyclic N) is 1. The quantitative estimate of drug-likeness (QED) is 0.807. The van der Waals surface area contributed by atoms with Gasteiger partial charge < -0.3 is 9.84 Å². The second-order valence-corrected chi connectivity index (χ2v) is 6.69. The van der Waals surface area contributed by atoms with Crippen LogP contribution < -0.4 is 0 Å². The summed E-state index contributed by atoms with van der Waals surface area (Å²) in [5, 5.41) is 14.7. The van der Waals surface area contributed by atoms with Gasteiger partial charge in [0.1, 0.15) is 0 Å². The number of rotatable bonds is 8. The Bertz CT molecular complexity index is 614. The van der Waals surface area contributed by atoms with Gasteiger partial charge in [-0.3, -0.25) is 9.58 Å². The summed E-state index contributed by atoms with van der Waals surface area (Å²) in [5.74, 6) is 0. The van der Waals surface area contributed by atoms with Crippen molar-refractivity contribution in [1.29, 1.82) is 0 Å². The van der Waals surface area contributed by atoms with Crippen LogP contribution in [0.3, 0.4) is 0 Å². The molecule has 3 rings (SSSR count). The zero-order chi connectivity index (χ0) is 16.8. The highest BCUT2D eigenvalue weighted by Gasteiger charge is 2.26. The molecule has 1 aromatic carbocycles. The van der Waals surface area contributed by atoms with Gasteiger partial charge in [0, 0.05) is 18.8 Å². The highest BCUT2D eigenvalue weighted by atomic mass is 16.5. The Labute approximate surface area is 143 Å². The molecule has 0 saturated carbocycles. The van der Waals surface area contributed by atoms with E-state index in [1.165, 1.54) is 12.0 Å². The number of benzene rings is 1. The molecule has 0 unspecified atom stereocenters. The van der Waals surface area contributed by atoms with Gasteiger partial charge in [-0.15, -0.1) is 0 Å². The van der Waals surface area contributed by atoms with E-state index in [-0.39, 0.29) is 0 Å². The van der Waals surface area contributed by atoms with Crippen molar-refractivity contribution in [1.82, 2.24) is 14.7 Å². The minimum absolute atomic E-state index is 0.374. The van der Waals surface area contributed by atoms with Crippen molar-refractivity contribution in [3.8, 4) is 0 Å². The van der Waals surface area contributed by atoms with E-state index in [9.17, 15) is 5.11 Å². The van der Waals surface area contributed by atoms with Gasteiger partial charge in [0.2, 0.25) is 0 Å². The van der Waals surface area contributed by atoms with Crippen molar-refractivity contribution in [3.05, 3.63) is 53.9 Å². The van der Waals surface area contributed by atoms with Crippen LogP contribution in [-0.2, 0) is 17.9 Å². The topological polar surface area (TPSA) is 50.5 Å². The lowest BCUT2D eigenvalue weighted by Gasteiger charge is -2.26. The van der Waals surface area contributed by atoms with Crippen molar-refractivity contribution in [2.24, 2.45) is 0 Å². The Morgan fingerprint density at radius 3 is 2.92 bits per heavy atom. The minimum atomic E-state index is -0.450. The number of ether oxygens (including phenoxy) is 1. The number of aromatic nitrogens is 2. The lowest BCUT2D eigenvalue weighted by atomic mass is 10.2. The second-order valence-electron chi connectivity index (χ2n) is 6.69. The standard InChI is InChI=1S/C19H27N3O2/c1-16-10-20-22(11-16)12-18-8-5-9-21(18)13-19(23)15-24-14-17-6-3-2-4-7-17/h2-4,6-7,10-11,18-19,23H,5,8-9,12-15H2,1H3/t18-,19-/m0/s1. The molecule has 2 atom stereocenters. The van der Waals surface area contributed by atoms with Crippen molar-refractivity contribution in [3.63, 3.8) is 0 Å². The molecule has 0 amide bonds. The van der Waals surface area contributed by atoms with E-state index in [0.29, 0.717) is 25.8 Å². The first kappa shape index (κ1) is 17.1. The second kappa shape index (κ2) is 8.42. The molecule has 0 aliphatic carbocycles. The average molecular weight is 329 g/mol. The van der Waals surface area contributed by atoms with Gasteiger partial charge in [-0.05, 0) is 37.4 Å². The van der Waals surface area contributed by atoms with Crippen molar-refractivity contribution in [2.75, 3.05) is 19.7 Å². The maximum atomic E-state index is 10.3. The summed E-state index contributed by atoms with van der Waals surface area (Å²) in [5.41, 5.74) is 2.33. The van der Waals surface area contributed by atoms with Crippen LogP contribution in [0.15, 0.2) is 42.7 Å². The summed E-state index contributed by atoms with van der Waals surface area (Å²) < 4.78 is 7.66. The molecule has 0 spiro atoms. The van der Waals surface area contributed by atoms with E-state index in [2.05, 4.69) is 23.1 Å². The van der Waals surface area contributed by atoms with Gasteiger partial charge >= 0.3 is 0 Å². The van der Waals surface area contributed by atoms with E-state index in [1.807, 2.05) is 41.2 Å². The molecule has 5 nitrogen and oxygen atoms in total. The fraction of sp³-hybridized carbons (Fsp3) is 0.526. The Hall–Kier alpha value is -1.69. The predicted octanol–water partition coefficient (Wildman–Crippen LogP) is 2.23. The number of likely N-dealkylation sites (tertiary alicyclic amines) is 1. The molecule has 1 saturated heterocycles. The number of aryl methyl sites for hydroxylation is 1. The molecule has 1 N–H and O–H groups in total. The van der Waals surface area contributed by atoms with Gasteiger partial charge in [0.05, 0.1) is 32.1 Å². The van der Waals surface area contributed by atoms with Crippen molar-refractivity contribution >= 4 is 0 Å². The van der Waals surface area contributed by atoms with Crippen LogP contribution in [0.2, 0.25) is 0 Å². The van der Waals surface area contributed by atoms with E-state index >= 15 is 0 Å². The van der Waals surface area contributed by atoms with Crippen LogP contribution in [0.25, 0.3) is 0 Å². The zero-order valence-electron chi connectivity index (χ0n) is 14.3. The fourth-order valence-corrected chi connectivity index (χ4v) is 3.34. The van der Waals surface area contributed by atoms with Gasteiger partial charge in [-0.1, -0.05) is 30.3 Å². The Kier molecular flexibility index (Phi) is 6.01. The maximum absolute atomic E-state index is 10.3. The molecule has 2 aromatic rings. The van der Waals surface area contributed by atoms with E-state index in [1.54, 1.807) is 0 Å². The van der Waals surface area contributed by atoms with Crippen molar-refractivity contribution < 1.29 is 9.84 Å². The van der Waals surface area contributed by atoms with Crippen LogP contribution >= 0.6 is 0 Å². The average Bonchev–Trinajstić information content (AvgIpc) is 3.18. The summed E-state index contributed by atoms with van der Waals surface area (Å²) in [6.45, 7) is 5.59. The Balaban J connectivity index is 1.42. The lowest BCUT2D eigenvalue weighted by molar-refractivity contribution is 0.00666. The molecule has 0 bridgehead atoms. The van der Waals surface area contributed by atoms with Crippen molar-refractivity contribution in [2.45, 2.75) is 45.1 Å². The third-order valence-corrected chi connectivity index (χ3v) is 4.53. The number of hydrogen-bond acceptors (Lipinski definition) is 4. The maximum Gasteiger partial charge on any atom is 0.0900 e. The SMILES string of the molecule is Cc1cnn(C[C@@H]2CCCN2C[C@H](O)COCc2ccccc2)c1. The van der Waals surface area contributed by atoms with E-state index < -0.39 is 6.10 Å². The summed E-state index contributed by atoms with van der Waals surface area (Å²) in [6.07, 6.45) is 5.87. The molecule has 0 radical (unpaired) electrons. The minimum Gasteiger partial charge on any atom is -0.389 e. The summed E-state index contributed by atoms with van der Waals surface area (Å²) in [4.78, 5) is 2.37. The first-order chi connectivity index (χ1) is 11.7.